The number of rotatable bonds is 6. The number of ether oxygens (including phenoxy) is 1. The van der Waals surface area contributed by atoms with Gasteiger partial charge in [0.2, 0.25) is 5.78 Å². The third-order valence-corrected chi connectivity index (χ3v) is 2.74. The van der Waals surface area contributed by atoms with E-state index in [1.54, 1.807) is 37.3 Å². The predicted molar refractivity (Wildman–Crippen MR) is 66.1 cm³/mol. The predicted octanol–water partition coefficient (Wildman–Crippen LogP) is 3.24. The molecule has 6 heteroatoms. The molecular weight excluding hydrogens is 273 g/mol. The summed E-state index contributed by atoms with van der Waals surface area (Å²) in [5.41, 5.74) is 0.512. The Morgan fingerprint density at radius 1 is 1.15 bits per heavy atom. The van der Waals surface area contributed by atoms with Crippen LogP contribution in [0, 0.1) is 0 Å². The van der Waals surface area contributed by atoms with Gasteiger partial charge in [0.15, 0.2) is 0 Å². The number of Topliss-reactive ketones (excluding diaryl/α,β-unsaturated/α-hetero) is 1. The van der Waals surface area contributed by atoms with Gasteiger partial charge in [-0.1, -0.05) is 30.3 Å². The van der Waals surface area contributed by atoms with Crippen molar-refractivity contribution in [1.82, 2.24) is 0 Å². The molecule has 0 aliphatic heterocycles. The number of carbonyl (C=O) groups excluding carboxylic acids is 2. The second-order valence-electron chi connectivity index (χ2n) is 4.24. The van der Waals surface area contributed by atoms with Crippen LogP contribution in [0.25, 0.3) is 0 Å². The Hall–Kier alpha value is -1.85. The van der Waals surface area contributed by atoms with Crippen molar-refractivity contribution in [3.05, 3.63) is 35.9 Å². The van der Waals surface area contributed by atoms with Gasteiger partial charge in [-0.25, -0.2) is 0 Å². The van der Waals surface area contributed by atoms with E-state index in [0.29, 0.717) is 5.56 Å². The molecule has 1 rings (SSSR count). The molecule has 0 aromatic heterocycles. The number of hydrogen-bond acceptors (Lipinski definition) is 3. The molecule has 0 amide bonds. The Kier molecular flexibility index (Phi) is 5.73. The maximum atomic E-state index is 12.3. The van der Waals surface area contributed by atoms with E-state index in [4.69, 9.17) is 4.74 Å². The third-order valence-electron chi connectivity index (χ3n) is 2.74. The lowest BCUT2D eigenvalue weighted by Gasteiger charge is -2.16. The highest BCUT2D eigenvalue weighted by atomic mass is 19.4. The minimum absolute atomic E-state index is 0.146. The molecule has 0 N–H and O–H groups in total. The van der Waals surface area contributed by atoms with Crippen LogP contribution in [0.2, 0.25) is 0 Å². The largest absolute Gasteiger partial charge is 0.466 e. The quantitative estimate of drug-likeness (QED) is 0.755. The molecule has 1 aromatic carbocycles. The van der Waals surface area contributed by atoms with E-state index in [-0.39, 0.29) is 13.0 Å². The van der Waals surface area contributed by atoms with Crippen LogP contribution in [0.15, 0.2) is 30.3 Å². The van der Waals surface area contributed by atoms with Crippen molar-refractivity contribution >= 4 is 11.8 Å². The number of carbonyl (C=O) groups is 2. The maximum absolute atomic E-state index is 12.3. The van der Waals surface area contributed by atoms with E-state index in [1.807, 2.05) is 0 Å². The summed E-state index contributed by atoms with van der Waals surface area (Å²) < 4.78 is 41.8. The Morgan fingerprint density at radius 2 is 1.75 bits per heavy atom. The fourth-order valence-electron chi connectivity index (χ4n) is 1.79. The standard InChI is InChI=1S/C14H15F3O3/c1-2-20-13(19)9-11(8-12(18)14(15,16)17)10-6-4-3-5-7-10/h3-7,11H,2,8-9H2,1H3. The molecule has 0 bridgehead atoms. The molecule has 3 nitrogen and oxygen atoms in total. The highest BCUT2D eigenvalue weighted by Gasteiger charge is 2.39. The van der Waals surface area contributed by atoms with E-state index < -0.39 is 30.3 Å². The fourth-order valence-corrected chi connectivity index (χ4v) is 1.79. The molecule has 0 fully saturated rings. The number of esters is 1. The van der Waals surface area contributed by atoms with Crippen molar-refractivity contribution in [2.24, 2.45) is 0 Å². The molecule has 0 saturated carbocycles. The van der Waals surface area contributed by atoms with Crippen LogP contribution in [0.1, 0.15) is 31.2 Å². The van der Waals surface area contributed by atoms with Crippen molar-refractivity contribution in [1.29, 1.82) is 0 Å². The summed E-state index contributed by atoms with van der Waals surface area (Å²) in [4.78, 5) is 22.6. The van der Waals surface area contributed by atoms with Crippen LogP contribution in [0.4, 0.5) is 13.2 Å². The van der Waals surface area contributed by atoms with Crippen molar-refractivity contribution in [2.45, 2.75) is 31.9 Å². The van der Waals surface area contributed by atoms with Crippen LogP contribution in [-0.2, 0) is 14.3 Å². The summed E-state index contributed by atoms with van der Waals surface area (Å²) in [6.07, 6.45) is -5.90. The van der Waals surface area contributed by atoms with E-state index in [0.717, 1.165) is 0 Å². The lowest BCUT2D eigenvalue weighted by molar-refractivity contribution is -0.171. The minimum Gasteiger partial charge on any atom is -0.466 e. The Bertz CT molecular complexity index is 454. The maximum Gasteiger partial charge on any atom is 0.449 e. The number of hydrogen-bond donors (Lipinski definition) is 0. The molecule has 0 aliphatic carbocycles. The first-order chi connectivity index (χ1) is 9.34. The van der Waals surface area contributed by atoms with Gasteiger partial charge >= 0.3 is 12.1 Å². The number of benzene rings is 1. The van der Waals surface area contributed by atoms with E-state index in [2.05, 4.69) is 0 Å². The van der Waals surface area contributed by atoms with Gasteiger partial charge in [-0.15, -0.1) is 0 Å². The zero-order chi connectivity index (χ0) is 15.2. The Balaban J connectivity index is 2.85. The molecule has 0 spiro atoms. The lowest BCUT2D eigenvalue weighted by atomic mass is 9.90. The van der Waals surface area contributed by atoms with Crippen LogP contribution in [0.5, 0.6) is 0 Å². The van der Waals surface area contributed by atoms with Crippen molar-refractivity contribution in [3.8, 4) is 0 Å². The van der Waals surface area contributed by atoms with Crippen LogP contribution >= 0.6 is 0 Å². The van der Waals surface area contributed by atoms with Gasteiger partial charge in [-0.3, -0.25) is 9.59 Å². The van der Waals surface area contributed by atoms with Crippen molar-refractivity contribution in [2.75, 3.05) is 6.61 Å². The van der Waals surface area contributed by atoms with Crippen LogP contribution < -0.4 is 0 Å². The number of halogens is 3. The summed E-state index contributed by atoms with van der Waals surface area (Å²) in [5, 5.41) is 0. The first kappa shape index (κ1) is 16.2. The first-order valence-corrected chi connectivity index (χ1v) is 6.15. The average Bonchev–Trinajstić information content (AvgIpc) is 2.38. The lowest BCUT2D eigenvalue weighted by Crippen LogP contribution is -2.25. The van der Waals surface area contributed by atoms with Crippen molar-refractivity contribution in [3.63, 3.8) is 0 Å². The van der Waals surface area contributed by atoms with Gasteiger partial charge in [-0.2, -0.15) is 13.2 Å². The molecule has 1 atom stereocenters. The summed E-state index contributed by atoms with van der Waals surface area (Å²) in [6, 6.07) is 8.18. The summed E-state index contributed by atoms with van der Waals surface area (Å²) in [7, 11) is 0. The fraction of sp³-hybridized carbons (Fsp3) is 0.429. The van der Waals surface area contributed by atoms with Gasteiger partial charge in [0.25, 0.3) is 0 Å². The number of alkyl halides is 3. The molecule has 0 heterocycles. The highest BCUT2D eigenvalue weighted by Crippen LogP contribution is 2.29. The summed E-state index contributed by atoms with van der Waals surface area (Å²) in [6.45, 7) is 1.75. The second-order valence-corrected chi connectivity index (χ2v) is 4.24. The Morgan fingerprint density at radius 3 is 2.25 bits per heavy atom. The van der Waals surface area contributed by atoms with Crippen LogP contribution in [-0.4, -0.2) is 24.5 Å². The van der Waals surface area contributed by atoms with Crippen LogP contribution in [0.3, 0.4) is 0 Å². The molecule has 0 saturated heterocycles. The molecular formula is C14H15F3O3. The molecule has 0 radical (unpaired) electrons. The molecule has 1 aromatic rings. The van der Waals surface area contributed by atoms with Crippen molar-refractivity contribution < 1.29 is 27.5 Å². The first-order valence-electron chi connectivity index (χ1n) is 6.15. The van der Waals surface area contributed by atoms with E-state index in [9.17, 15) is 22.8 Å². The number of ketones is 1. The zero-order valence-corrected chi connectivity index (χ0v) is 10.9. The molecule has 20 heavy (non-hydrogen) atoms. The minimum atomic E-state index is -4.89. The monoisotopic (exact) mass is 288 g/mol. The molecule has 110 valence electrons. The normalized spacial score (nSPS) is 12.8. The second kappa shape index (κ2) is 7.07. The average molecular weight is 288 g/mol. The van der Waals surface area contributed by atoms with Gasteiger partial charge in [0.1, 0.15) is 0 Å². The molecule has 1 unspecified atom stereocenters. The molecule has 0 aliphatic rings. The van der Waals surface area contributed by atoms with E-state index in [1.165, 1.54) is 0 Å². The topological polar surface area (TPSA) is 43.4 Å². The van der Waals surface area contributed by atoms with Gasteiger partial charge < -0.3 is 4.74 Å². The summed E-state index contributed by atoms with van der Waals surface area (Å²) in [5.74, 6) is -3.28. The SMILES string of the molecule is CCOC(=O)CC(CC(=O)C(F)(F)F)c1ccccc1. The van der Waals surface area contributed by atoms with E-state index >= 15 is 0 Å². The summed E-state index contributed by atoms with van der Waals surface area (Å²) >= 11 is 0. The zero-order valence-electron chi connectivity index (χ0n) is 10.9. The van der Waals surface area contributed by atoms with Gasteiger partial charge in [-0.05, 0) is 12.5 Å². The Labute approximate surface area is 114 Å². The third kappa shape index (κ3) is 5.03. The smallest absolute Gasteiger partial charge is 0.449 e. The van der Waals surface area contributed by atoms with Gasteiger partial charge in [0.05, 0.1) is 13.0 Å². The van der Waals surface area contributed by atoms with Gasteiger partial charge in [0, 0.05) is 12.3 Å². The highest BCUT2D eigenvalue weighted by molar-refractivity contribution is 5.85.